The van der Waals surface area contributed by atoms with Crippen molar-refractivity contribution in [3.05, 3.63) is 0 Å². The molecule has 2 N–H and O–H groups in total. The van der Waals surface area contributed by atoms with E-state index in [2.05, 4.69) is 0 Å². The standard InChI is InChI=1S/C6H11FO2.C3H8O/c7-6(5-8)1-3-9-4-2-6;1-3(2)4/h8H,1-5H2;3-4H,1-2H3. The van der Waals surface area contributed by atoms with Gasteiger partial charge in [-0.15, -0.1) is 0 Å². The molecule has 0 aliphatic carbocycles. The first-order chi connectivity index (χ1) is 6.00. The zero-order valence-corrected chi connectivity index (χ0v) is 8.29. The summed E-state index contributed by atoms with van der Waals surface area (Å²) in [6.45, 7) is 3.96. The molecule has 1 fully saturated rings. The van der Waals surface area contributed by atoms with Gasteiger partial charge in [0.2, 0.25) is 0 Å². The Hall–Kier alpha value is -0.190. The van der Waals surface area contributed by atoms with Crippen LogP contribution in [0.2, 0.25) is 0 Å². The number of halogens is 1. The Morgan fingerprint density at radius 2 is 1.77 bits per heavy atom. The van der Waals surface area contributed by atoms with Crippen LogP contribution in [0.5, 0.6) is 0 Å². The van der Waals surface area contributed by atoms with E-state index in [0.717, 1.165) is 0 Å². The van der Waals surface area contributed by atoms with E-state index in [0.29, 0.717) is 26.1 Å². The number of aliphatic hydroxyl groups excluding tert-OH is 2. The minimum atomic E-state index is -1.35. The van der Waals surface area contributed by atoms with Crippen LogP contribution in [0.4, 0.5) is 4.39 Å². The molecule has 4 heteroatoms. The summed E-state index contributed by atoms with van der Waals surface area (Å²) in [5.74, 6) is 0. The van der Waals surface area contributed by atoms with E-state index >= 15 is 0 Å². The highest BCUT2D eigenvalue weighted by molar-refractivity contribution is 4.80. The van der Waals surface area contributed by atoms with Gasteiger partial charge in [-0.1, -0.05) is 0 Å². The van der Waals surface area contributed by atoms with Gasteiger partial charge in [0.05, 0.1) is 6.61 Å². The fourth-order valence-corrected chi connectivity index (χ4v) is 0.895. The number of hydrogen-bond donors (Lipinski definition) is 2. The predicted octanol–water partition coefficient (Wildman–Crippen LogP) is 0.885. The third kappa shape index (κ3) is 6.93. The molecule has 13 heavy (non-hydrogen) atoms. The van der Waals surface area contributed by atoms with Crippen molar-refractivity contribution in [3.8, 4) is 0 Å². The summed E-state index contributed by atoms with van der Waals surface area (Å²) in [6.07, 6.45) is 0.507. The minimum absolute atomic E-state index is 0.167. The molecule has 0 spiro atoms. The topological polar surface area (TPSA) is 49.7 Å². The first kappa shape index (κ1) is 12.8. The second kappa shape index (κ2) is 6.29. The second-order valence-electron chi connectivity index (χ2n) is 3.52. The lowest BCUT2D eigenvalue weighted by molar-refractivity contribution is -0.0380. The monoisotopic (exact) mass is 194 g/mol. The summed E-state index contributed by atoms with van der Waals surface area (Å²) in [5, 5.41) is 16.6. The highest BCUT2D eigenvalue weighted by Crippen LogP contribution is 2.23. The van der Waals surface area contributed by atoms with E-state index in [1.165, 1.54) is 0 Å². The quantitative estimate of drug-likeness (QED) is 0.651. The summed E-state index contributed by atoms with van der Waals surface area (Å²) in [7, 11) is 0. The van der Waals surface area contributed by atoms with Crippen molar-refractivity contribution >= 4 is 0 Å². The Labute approximate surface area is 78.5 Å². The fraction of sp³-hybridized carbons (Fsp3) is 1.00. The van der Waals surface area contributed by atoms with Gasteiger partial charge in [0.15, 0.2) is 0 Å². The summed E-state index contributed by atoms with van der Waals surface area (Å²) in [4.78, 5) is 0. The van der Waals surface area contributed by atoms with Crippen LogP contribution >= 0.6 is 0 Å². The zero-order valence-electron chi connectivity index (χ0n) is 8.29. The molecule has 80 valence electrons. The van der Waals surface area contributed by atoms with Crippen molar-refractivity contribution in [3.63, 3.8) is 0 Å². The lowest BCUT2D eigenvalue weighted by atomic mass is 9.98. The predicted molar refractivity (Wildman–Crippen MR) is 48.3 cm³/mol. The average Bonchev–Trinajstić information content (AvgIpc) is 2.05. The van der Waals surface area contributed by atoms with Gasteiger partial charge in [-0.05, 0) is 13.8 Å². The van der Waals surface area contributed by atoms with E-state index in [1.54, 1.807) is 13.8 Å². The van der Waals surface area contributed by atoms with Crippen molar-refractivity contribution in [2.24, 2.45) is 0 Å². The van der Waals surface area contributed by atoms with Crippen LogP contribution in [-0.2, 0) is 4.74 Å². The summed E-state index contributed by atoms with van der Waals surface area (Å²) in [6, 6.07) is 0. The highest BCUT2D eigenvalue weighted by atomic mass is 19.1. The molecule has 1 aliphatic heterocycles. The Balaban J connectivity index is 0.000000310. The molecule has 0 saturated carbocycles. The van der Waals surface area contributed by atoms with Crippen molar-refractivity contribution in [2.45, 2.75) is 38.5 Å². The molecule has 0 bridgehead atoms. The van der Waals surface area contributed by atoms with Crippen LogP contribution < -0.4 is 0 Å². The third-order valence-electron chi connectivity index (χ3n) is 1.67. The molecule has 0 aromatic heterocycles. The number of alkyl halides is 1. The summed E-state index contributed by atoms with van der Waals surface area (Å²) in [5.41, 5.74) is -1.35. The highest BCUT2D eigenvalue weighted by Gasteiger charge is 2.30. The molecule has 1 aliphatic rings. The molecular weight excluding hydrogens is 175 g/mol. The average molecular weight is 194 g/mol. The van der Waals surface area contributed by atoms with Gasteiger partial charge >= 0.3 is 0 Å². The van der Waals surface area contributed by atoms with Gasteiger partial charge in [-0.2, -0.15) is 0 Å². The van der Waals surface area contributed by atoms with Gasteiger partial charge in [0.1, 0.15) is 5.67 Å². The van der Waals surface area contributed by atoms with Crippen molar-refractivity contribution < 1.29 is 19.3 Å². The zero-order chi connectivity index (χ0) is 10.3. The SMILES string of the molecule is CC(C)O.OCC1(F)CCOCC1. The third-order valence-corrected chi connectivity index (χ3v) is 1.67. The van der Waals surface area contributed by atoms with E-state index < -0.39 is 5.67 Å². The van der Waals surface area contributed by atoms with E-state index in [9.17, 15) is 4.39 Å². The maximum Gasteiger partial charge on any atom is 0.138 e. The lowest BCUT2D eigenvalue weighted by Crippen LogP contribution is -2.35. The van der Waals surface area contributed by atoms with Gasteiger partial charge < -0.3 is 14.9 Å². The van der Waals surface area contributed by atoms with Crippen LogP contribution in [0.1, 0.15) is 26.7 Å². The molecule has 0 unspecified atom stereocenters. The first-order valence-electron chi connectivity index (χ1n) is 4.56. The van der Waals surface area contributed by atoms with Gasteiger partial charge in [0.25, 0.3) is 0 Å². The Kier molecular flexibility index (Phi) is 6.20. The molecule has 1 rings (SSSR count). The molecule has 0 atom stereocenters. The number of ether oxygens (including phenoxy) is 1. The molecule has 0 aromatic rings. The van der Waals surface area contributed by atoms with Gasteiger partial charge in [-0.3, -0.25) is 0 Å². The lowest BCUT2D eigenvalue weighted by Gasteiger charge is -2.26. The van der Waals surface area contributed by atoms with Crippen molar-refractivity contribution in [1.29, 1.82) is 0 Å². The Morgan fingerprint density at radius 3 is 2.00 bits per heavy atom. The van der Waals surface area contributed by atoms with Crippen LogP contribution in [0.25, 0.3) is 0 Å². The Morgan fingerprint density at radius 1 is 1.38 bits per heavy atom. The molecule has 1 heterocycles. The fourth-order valence-electron chi connectivity index (χ4n) is 0.895. The number of rotatable bonds is 1. The van der Waals surface area contributed by atoms with Crippen molar-refractivity contribution in [1.82, 2.24) is 0 Å². The maximum absolute atomic E-state index is 13.0. The maximum atomic E-state index is 13.0. The van der Waals surface area contributed by atoms with Crippen LogP contribution in [0, 0.1) is 0 Å². The summed E-state index contributed by atoms with van der Waals surface area (Å²) < 4.78 is 17.9. The van der Waals surface area contributed by atoms with Gasteiger partial charge in [0, 0.05) is 32.2 Å². The van der Waals surface area contributed by atoms with Crippen molar-refractivity contribution in [2.75, 3.05) is 19.8 Å². The molecule has 0 radical (unpaired) electrons. The minimum Gasteiger partial charge on any atom is -0.394 e. The van der Waals surface area contributed by atoms with Crippen LogP contribution in [-0.4, -0.2) is 41.8 Å². The van der Waals surface area contributed by atoms with Crippen LogP contribution in [0.15, 0.2) is 0 Å². The van der Waals surface area contributed by atoms with E-state index in [1.807, 2.05) is 0 Å². The first-order valence-corrected chi connectivity index (χ1v) is 4.56. The van der Waals surface area contributed by atoms with Crippen LogP contribution in [0.3, 0.4) is 0 Å². The number of aliphatic hydroxyl groups is 2. The summed E-state index contributed by atoms with van der Waals surface area (Å²) >= 11 is 0. The largest absolute Gasteiger partial charge is 0.394 e. The van der Waals surface area contributed by atoms with E-state index in [4.69, 9.17) is 14.9 Å². The van der Waals surface area contributed by atoms with E-state index in [-0.39, 0.29) is 12.7 Å². The second-order valence-corrected chi connectivity index (χ2v) is 3.52. The normalized spacial score (nSPS) is 20.8. The molecular formula is C9H19FO3. The van der Waals surface area contributed by atoms with Gasteiger partial charge in [-0.25, -0.2) is 4.39 Å². The molecule has 0 aromatic carbocycles. The molecule has 3 nitrogen and oxygen atoms in total. The number of hydrogen-bond acceptors (Lipinski definition) is 3. The molecule has 1 saturated heterocycles. The molecule has 0 amide bonds. The smallest absolute Gasteiger partial charge is 0.138 e. The Bertz CT molecular complexity index is 119.